The number of hydrogen-bond donors (Lipinski definition) is 3. The molecule has 6 nitrogen and oxygen atoms in total. The van der Waals surface area contributed by atoms with E-state index in [-0.39, 0.29) is 11.6 Å². The maximum Gasteiger partial charge on any atom is 0.250 e. The van der Waals surface area contributed by atoms with E-state index in [0.29, 0.717) is 10.8 Å². The van der Waals surface area contributed by atoms with Crippen molar-refractivity contribution in [3.8, 4) is 0 Å². The number of nitrogens with zero attached hydrogens (tertiary/aromatic N) is 2. The molecule has 0 saturated heterocycles. The van der Waals surface area contributed by atoms with Crippen LogP contribution in [-0.4, -0.2) is 20.9 Å². The third-order valence-electron chi connectivity index (χ3n) is 3.30. The lowest BCUT2D eigenvalue weighted by atomic mass is 10.2. The average Bonchev–Trinajstić information content (AvgIpc) is 2.93. The van der Waals surface area contributed by atoms with Crippen molar-refractivity contribution in [2.45, 2.75) is 13.0 Å². The van der Waals surface area contributed by atoms with Gasteiger partial charge in [0, 0.05) is 6.20 Å². The Labute approximate surface area is 131 Å². The van der Waals surface area contributed by atoms with Gasteiger partial charge in [-0.3, -0.25) is 4.79 Å². The molecule has 0 saturated carbocycles. The number of aromatic amines is 1. The van der Waals surface area contributed by atoms with Gasteiger partial charge in [-0.2, -0.15) is 0 Å². The van der Waals surface area contributed by atoms with Gasteiger partial charge in [-0.15, -0.1) is 0 Å². The van der Waals surface area contributed by atoms with Gasteiger partial charge in [0.25, 0.3) is 0 Å². The Morgan fingerprint density at radius 2 is 2.18 bits per heavy atom. The van der Waals surface area contributed by atoms with Gasteiger partial charge in [0.05, 0.1) is 27.7 Å². The Kier molecular flexibility index (Phi) is 3.68. The molecule has 22 heavy (non-hydrogen) atoms. The number of imidazole rings is 1. The molecule has 0 unspecified atom stereocenters. The van der Waals surface area contributed by atoms with Crippen molar-refractivity contribution in [2.75, 3.05) is 5.32 Å². The second kappa shape index (κ2) is 5.65. The quantitative estimate of drug-likeness (QED) is 0.689. The van der Waals surface area contributed by atoms with E-state index in [1.54, 1.807) is 0 Å². The Bertz CT molecular complexity index is 812. The molecular formula is C15H14ClN5O. The van der Waals surface area contributed by atoms with Gasteiger partial charge in [0.15, 0.2) is 0 Å². The number of H-pyrrole nitrogens is 1. The molecule has 0 spiro atoms. The van der Waals surface area contributed by atoms with Gasteiger partial charge < -0.3 is 16.0 Å². The number of para-hydroxylation sites is 2. The number of rotatable bonds is 4. The Balaban J connectivity index is 1.84. The molecule has 7 heteroatoms. The highest BCUT2D eigenvalue weighted by Gasteiger charge is 2.14. The third kappa shape index (κ3) is 2.73. The fourth-order valence-electron chi connectivity index (χ4n) is 2.13. The van der Waals surface area contributed by atoms with Gasteiger partial charge in [-0.05, 0) is 25.1 Å². The highest BCUT2D eigenvalue weighted by molar-refractivity contribution is 6.33. The van der Waals surface area contributed by atoms with Crippen molar-refractivity contribution in [3.63, 3.8) is 0 Å². The van der Waals surface area contributed by atoms with Crippen molar-refractivity contribution in [1.82, 2.24) is 15.0 Å². The van der Waals surface area contributed by atoms with Gasteiger partial charge in [0.1, 0.15) is 11.6 Å². The van der Waals surface area contributed by atoms with E-state index in [1.807, 2.05) is 31.2 Å². The first-order chi connectivity index (χ1) is 10.5. The van der Waals surface area contributed by atoms with E-state index in [1.165, 1.54) is 12.3 Å². The SMILES string of the molecule is C[C@@H](Nc1ncc(C(N)=O)cc1Cl)c1nc2ccccc2[nH]1. The van der Waals surface area contributed by atoms with Crippen LogP contribution in [0.1, 0.15) is 29.1 Å². The van der Waals surface area contributed by atoms with E-state index < -0.39 is 5.91 Å². The lowest BCUT2D eigenvalue weighted by molar-refractivity contribution is 0.1000. The number of carbonyl (C=O) groups is 1. The van der Waals surface area contributed by atoms with Crippen molar-refractivity contribution < 1.29 is 4.79 Å². The summed E-state index contributed by atoms with van der Waals surface area (Å²) in [5.41, 5.74) is 7.33. The molecular weight excluding hydrogens is 302 g/mol. The highest BCUT2D eigenvalue weighted by atomic mass is 35.5. The van der Waals surface area contributed by atoms with Crippen LogP contribution < -0.4 is 11.1 Å². The number of aromatic nitrogens is 3. The van der Waals surface area contributed by atoms with Crippen molar-refractivity contribution in [1.29, 1.82) is 0 Å². The minimum absolute atomic E-state index is 0.128. The van der Waals surface area contributed by atoms with Crippen molar-refractivity contribution >= 4 is 34.4 Å². The molecule has 0 aliphatic heterocycles. The predicted molar refractivity (Wildman–Crippen MR) is 85.9 cm³/mol. The number of benzene rings is 1. The molecule has 4 N–H and O–H groups in total. The minimum Gasteiger partial charge on any atom is -0.366 e. The average molecular weight is 316 g/mol. The lowest BCUT2D eigenvalue weighted by Gasteiger charge is -2.13. The summed E-state index contributed by atoms with van der Waals surface area (Å²) in [5, 5.41) is 3.50. The molecule has 0 aliphatic carbocycles. The summed E-state index contributed by atoms with van der Waals surface area (Å²) in [6, 6.07) is 9.15. The molecule has 0 bridgehead atoms. The van der Waals surface area contributed by atoms with Gasteiger partial charge in [-0.1, -0.05) is 23.7 Å². The number of nitrogens with two attached hydrogens (primary N) is 1. The third-order valence-corrected chi connectivity index (χ3v) is 3.58. The van der Waals surface area contributed by atoms with Gasteiger partial charge in [-0.25, -0.2) is 9.97 Å². The summed E-state index contributed by atoms with van der Waals surface area (Å²) in [6.45, 7) is 1.94. The molecule has 1 atom stereocenters. The van der Waals surface area contributed by atoms with Crippen LogP contribution in [0.3, 0.4) is 0 Å². The van der Waals surface area contributed by atoms with Crippen LogP contribution in [-0.2, 0) is 0 Å². The van der Waals surface area contributed by atoms with Crippen LogP contribution in [0, 0.1) is 0 Å². The zero-order valence-corrected chi connectivity index (χ0v) is 12.6. The molecule has 1 amide bonds. The van der Waals surface area contributed by atoms with Crippen LogP contribution in [0.5, 0.6) is 0 Å². The molecule has 112 valence electrons. The first-order valence-electron chi connectivity index (χ1n) is 6.71. The number of carbonyl (C=O) groups excluding carboxylic acids is 1. The highest BCUT2D eigenvalue weighted by Crippen LogP contribution is 2.25. The maximum atomic E-state index is 11.1. The Morgan fingerprint density at radius 1 is 1.41 bits per heavy atom. The molecule has 2 aromatic heterocycles. The van der Waals surface area contributed by atoms with E-state index in [2.05, 4.69) is 20.3 Å². The van der Waals surface area contributed by atoms with Crippen molar-refractivity contribution in [2.24, 2.45) is 5.73 Å². The van der Waals surface area contributed by atoms with Crippen LogP contribution in [0.2, 0.25) is 5.02 Å². The summed E-state index contributed by atoms with van der Waals surface area (Å²) >= 11 is 6.12. The van der Waals surface area contributed by atoms with Crippen LogP contribution >= 0.6 is 11.6 Å². The smallest absolute Gasteiger partial charge is 0.250 e. The predicted octanol–water partition coefficient (Wildman–Crippen LogP) is 2.88. The minimum atomic E-state index is -0.564. The largest absolute Gasteiger partial charge is 0.366 e. The van der Waals surface area contributed by atoms with Crippen LogP contribution in [0.4, 0.5) is 5.82 Å². The van der Waals surface area contributed by atoms with E-state index in [0.717, 1.165) is 16.9 Å². The van der Waals surface area contributed by atoms with E-state index in [9.17, 15) is 4.79 Å². The Morgan fingerprint density at radius 3 is 2.86 bits per heavy atom. The standard InChI is InChI=1S/C15H14ClN5O/c1-8(14-20-11-4-2-3-5-12(11)21-14)19-15-10(16)6-9(7-18-15)13(17)22/h2-8H,1H3,(H2,17,22)(H,18,19)(H,20,21)/t8-/m1/s1. The molecule has 0 fully saturated rings. The zero-order chi connectivity index (χ0) is 15.7. The molecule has 0 aliphatic rings. The molecule has 2 heterocycles. The Hall–Kier alpha value is -2.60. The molecule has 3 rings (SSSR count). The monoisotopic (exact) mass is 315 g/mol. The number of pyridine rings is 1. The summed E-state index contributed by atoms with van der Waals surface area (Å²) in [4.78, 5) is 23.0. The zero-order valence-electron chi connectivity index (χ0n) is 11.8. The van der Waals surface area contributed by atoms with E-state index in [4.69, 9.17) is 17.3 Å². The lowest BCUT2D eigenvalue weighted by Crippen LogP contribution is -2.13. The number of primary amides is 1. The summed E-state index contributed by atoms with van der Waals surface area (Å²) in [7, 11) is 0. The summed E-state index contributed by atoms with van der Waals surface area (Å²) in [5.74, 6) is 0.684. The second-order valence-electron chi connectivity index (χ2n) is 4.92. The first kappa shape index (κ1) is 14.3. The fraction of sp³-hybridized carbons (Fsp3) is 0.133. The first-order valence-corrected chi connectivity index (χ1v) is 7.09. The number of nitrogens with one attached hydrogen (secondary N) is 2. The van der Waals surface area contributed by atoms with E-state index >= 15 is 0 Å². The van der Waals surface area contributed by atoms with Crippen LogP contribution in [0.25, 0.3) is 11.0 Å². The number of fused-ring (bicyclic) bond motifs is 1. The summed E-state index contributed by atoms with van der Waals surface area (Å²) in [6.07, 6.45) is 1.39. The van der Waals surface area contributed by atoms with Gasteiger partial charge >= 0.3 is 0 Å². The van der Waals surface area contributed by atoms with Gasteiger partial charge in [0.2, 0.25) is 5.91 Å². The number of anilines is 1. The number of hydrogen-bond acceptors (Lipinski definition) is 4. The molecule has 3 aromatic rings. The molecule has 1 aromatic carbocycles. The van der Waals surface area contributed by atoms with Crippen molar-refractivity contribution in [3.05, 3.63) is 52.9 Å². The second-order valence-corrected chi connectivity index (χ2v) is 5.33. The fourth-order valence-corrected chi connectivity index (χ4v) is 2.35. The number of halogens is 1. The number of amides is 1. The molecule has 0 radical (unpaired) electrons. The van der Waals surface area contributed by atoms with Crippen LogP contribution in [0.15, 0.2) is 36.5 Å². The summed E-state index contributed by atoms with van der Waals surface area (Å²) < 4.78 is 0. The topological polar surface area (TPSA) is 96.7 Å². The maximum absolute atomic E-state index is 11.1. The normalized spacial score (nSPS) is 12.3.